The van der Waals surface area contributed by atoms with Gasteiger partial charge in [-0.3, -0.25) is 9.89 Å². The number of primary amides is 1. The van der Waals surface area contributed by atoms with Crippen molar-refractivity contribution in [2.75, 3.05) is 31.6 Å². The standard InChI is InChI=1S/C26H28F3N7O4/c27-26(28,29)40-20-8-16(7-18(9-20)25(30)38)13-31-3-1-2-5-39-6-4-32-22-10-17(11-23-21(22)15-34-35-23)19-12-24(37)36-33-14-19/h7-12,14-15,31-32H,1-6,13H2,(H2,30,38)(H,34,35)(H,36,37). The Morgan fingerprint density at radius 1 is 1.02 bits per heavy atom. The van der Waals surface area contributed by atoms with Crippen LogP contribution < -0.4 is 21.1 Å². The molecule has 0 spiro atoms. The Kier molecular flexibility index (Phi) is 9.35. The number of rotatable bonds is 14. The summed E-state index contributed by atoms with van der Waals surface area (Å²) in [5.74, 6) is -1.49. The maximum absolute atomic E-state index is 12.6. The van der Waals surface area contributed by atoms with E-state index in [1.807, 2.05) is 12.1 Å². The van der Waals surface area contributed by atoms with E-state index in [0.717, 1.165) is 41.1 Å². The number of nitrogens with one attached hydrogen (secondary N) is 3. The summed E-state index contributed by atoms with van der Waals surface area (Å²) in [6, 6.07) is 9.00. The number of ether oxygens (including phenoxy) is 2. The summed E-state index contributed by atoms with van der Waals surface area (Å²) in [4.78, 5) is 11.4. The maximum Gasteiger partial charge on any atom is 0.573 e. The van der Waals surface area contributed by atoms with Crippen LogP contribution in [-0.2, 0) is 11.3 Å². The zero-order valence-electron chi connectivity index (χ0n) is 21.3. The molecule has 11 nitrogen and oxygen atoms in total. The van der Waals surface area contributed by atoms with Gasteiger partial charge in [-0.1, -0.05) is 0 Å². The summed E-state index contributed by atoms with van der Waals surface area (Å²) in [6.45, 7) is 2.41. The predicted octanol–water partition coefficient (Wildman–Crippen LogP) is 3.72. The Morgan fingerprint density at radius 3 is 2.65 bits per heavy atom. The number of hydrogen-bond donors (Lipinski definition) is 5. The number of amides is 1. The number of halogens is 3. The molecule has 0 saturated carbocycles. The van der Waals surface area contributed by atoms with E-state index >= 15 is 0 Å². The van der Waals surface area contributed by atoms with Gasteiger partial charge in [0.15, 0.2) is 0 Å². The highest BCUT2D eigenvalue weighted by Crippen LogP contribution is 2.30. The Morgan fingerprint density at radius 2 is 1.88 bits per heavy atom. The molecule has 2 aromatic carbocycles. The van der Waals surface area contributed by atoms with E-state index in [-0.39, 0.29) is 18.0 Å². The first-order valence-electron chi connectivity index (χ1n) is 12.4. The number of alkyl halides is 3. The average Bonchev–Trinajstić information content (AvgIpc) is 3.37. The fraction of sp³-hybridized carbons (Fsp3) is 0.308. The van der Waals surface area contributed by atoms with Gasteiger partial charge in [-0.2, -0.15) is 10.2 Å². The molecule has 0 aliphatic heterocycles. The number of fused-ring (bicyclic) bond motifs is 1. The molecule has 4 rings (SSSR count). The minimum atomic E-state index is -4.87. The van der Waals surface area contributed by atoms with Crippen molar-refractivity contribution in [3.05, 3.63) is 59.9 Å². The van der Waals surface area contributed by atoms with E-state index in [1.165, 1.54) is 18.2 Å². The van der Waals surface area contributed by atoms with Gasteiger partial charge in [-0.05, 0) is 60.8 Å². The van der Waals surface area contributed by atoms with Crippen molar-refractivity contribution >= 4 is 22.5 Å². The third-order valence-corrected chi connectivity index (χ3v) is 5.80. The van der Waals surface area contributed by atoms with Crippen molar-refractivity contribution in [3.63, 3.8) is 0 Å². The number of aromatic hydroxyl groups is 1. The molecule has 0 aliphatic carbocycles. The summed E-state index contributed by atoms with van der Waals surface area (Å²) in [5.41, 5.74) is 8.84. The summed E-state index contributed by atoms with van der Waals surface area (Å²) in [7, 11) is 0. The fourth-order valence-corrected chi connectivity index (χ4v) is 4.02. The summed E-state index contributed by atoms with van der Waals surface area (Å²) in [6.07, 6.45) is -0.0204. The van der Waals surface area contributed by atoms with Gasteiger partial charge in [0.05, 0.1) is 24.5 Å². The van der Waals surface area contributed by atoms with Gasteiger partial charge in [0.25, 0.3) is 0 Å². The zero-order valence-corrected chi connectivity index (χ0v) is 21.3. The number of nitrogens with zero attached hydrogens (tertiary/aromatic N) is 3. The van der Waals surface area contributed by atoms with Crippen LogP contribution >= 0.6 is 0 Å². The molecule has 1 amide bonds. The van der Waals surface area contributed by atoms with Crippen LogP contribution in [0.25, 0.3) is 22.0 Å². The Labute approximate surface area is 226 Å². The molecule has 0 saturated heterocycles. The molecule has 212 valence electrons. The van der Waals surface area contributed by atoms with Gasteiger partial charge in [-0.25, -0.2) is 0 Å². The molecule has 0 unspecified atom stereocenters. The highest BCUT2D eigenvalue weighted by Gasteiger charge is 2.31. The van der Waals surface area contributed by atoms with E-state index in [9.17, 15) is 23.1 Å². The second-order valence-corrected chi connectivity index (χ2v) is 8.86. The van der Waals surface area contributed by atoms with Gasteiger partial charge in [-0.15, -0.1) is 18.3 Å². The molecular weight excluding hydrogens is 531 g/mol. The number of H-pyrrole nitrogens is 1. The lowest BCUT2D eigenvalue weighted by molar-refractivity contribution is -0.274. The highest BCUT2D eigenvalue weighted by molar-refractivity contribution is 5.95. The molecule has 0 fully saturated rings. The van der Waals surface area contributed by atoms with E-state index in [2.05, 4.69) is 35.8 Å². The van der Waals surface area contributed by atoms with Crippen molar-refractivity contribution in [3.8, 4) is 22.8 Å². The van der Waals surface area contributed by atoms with Crippen LogP contribution in [0.3, 0.4) is 0 Å². The average molecular weight is 560 g/mol. The predicted molar refractivity (Wildman–Crippen MR) is 141 cm³/mol. The van der Waals surface area contributed by atoms with Crippen molar-refractivity contribution < 1.29 is 32.5 Å². The van der Waals surface area contributed by atoms with Gasteiger partial charge in [0.2, 0.25) is 11.8 Å². The van der Waals surface area contributed by atoms with Gasteiger partial charge in [0, 0.05) is 48.0 Å². The van der Waals surface area contributed by atoms with E-state index in [0.29, 0.717) is 37.4 Å². The molecule has 0 aliphatic rings. The van der Waals surface area contributed by atoms with E-state index in [1.54, 1.807) is 12.4 Å². The second-order valence-electron chi connectivity index (χ2n) is 8.86. The van der Waals surface area contributed by atoms with Gasteiger partial charge < -0.3 is 30.9 Å². The second kappa shape index (κ2) is 13.1. The van der Waals surface area contributed by atoms with Crippen LogP contribution in [0, 0.1) is 0 Å². The fourth-order valence-electron chi connectivity index (χ4n) is 4.02. The Bertz CT molecular complexity index is 1450. The Balaban J connectivity index is 1.16. The lowest BCUT2D eigenvalue weighted by Crippen LogP contribution is -2.20. The third-order valence-electron chi connectivity index (χ3n) is 5.80. The van der Waals surface area contributed by atoms with Crippen LogP contribution in [0.5, 0.6) is 11.6 Å². The number of benzene rings is 2. The van der Waals surface area contributed by atoms with E-state index in [4.69, 9.17) is 10.5 Å². The van der Waals surface area contributed by atoms with Crippen LogP contribution in [0.2, 0.25) is 0 Å². The smallest absolute Gasteiger partial charge is 0.492 e. The van der Waals surface area contributed by atoms with Crippen molar-refractivity contribution in [1.82, 2.24) is 25.7 Å². The molecule has 0 radical (unpaired) electrons. The van der Waals surface area contributed by atoms with E-state index < -0.39 is 18.0 Å². The number of carbonyl (C=O) groups excluding carboxylic acids is 1. The Hall–Kier alpha value is -4.43. The molecular formula is C26H28F3N7O4. The lowest BCUT2D eigenvalue weighted by atomic mass is 10.0. The van der Waals surface area contributed by atoms with Gasteiger partial charge >= 0.3 is 6.36 Å². The lowest BCUT2D eigenvalue weighted by Gasteiger charge is -2.12. The molecule has 4 aromatic rings. The van der Waals surface area contributed by atoms with Crippen LogP contribution in [0.4, 0.5) is 18.9 Å². The van der Waals surface area contributed by atoms with Crippen molar-refractivity contribution in [2.24, 2.45) is 5.73 Å². The molecule has 0 bridgehead atoms. The third kappa shape index (κ3) is 8.28. The molecule has 0 atom stereocenters. The summed E-state index contributed by atoms with van der Waals surface area (Å²) < 4.78 is 47.3. The summed E-state index contributed by atoms with van der Waals surface area (Å²) in [5, 5.41) is 31.5. The molecule has 6 N–H and O–H groups in total. The molecule has 40 heavy (non-hydrogen) atoms. The SMILES string of the molecule is NC(=O)c1cc(CNCCCCOCCNc2cc(-c3cnnc(O)c3)cc3[nH]ncc23)cc(OC(F)(F)F)c1. The molecule has 14 heteroatoms. The largest absolute Gasteiger partial charge is 0.573 e. The first kappa shape index (κ1) is 28.6. The molecule has 2 aromatic heterocycles. The van der Waals surface area contributed by atoms with Gasteiger partial charge in [0.1, 0.15) is 5.75 Å². The minimum absolute atomic E-state index is 0.0607. The first-order valence-corrected chi connectivity index (χ1v) is 12.4. The first-order chi connectivity index (χ1) is 19.2. The topological polar surface area (TPSA) is 160 Å². The zero-order chi connectivity index (χ0) is 28.5. The number of hydrogen-bond acceptors (Lipinski definition) is 9. The molecule has 2 heterocycles. The number of aromatic nitrogens is 4. The van der Waals surface area contributed by atoms with Crippen LogP contribution in [0.15, 0.2) is 48.8 Å². The number of unbranched alkanes of at least 4 members (excludes halogenated alkanes) is 1. The monoisotopic (exact) mass is 559 g/mol. The van der Waals surface area contributed by atoms with Crippen LogP contribution in [0.1, 0.15) is 28.8 Å². The number of carbonyl (C=O) groups is 1. The highest BCUT2D eigenvalue weighted by atomic mass is 19.4. The maximum atomic E-state index is 12.6. The van der Waals surface area contributed by atoms with Crippen molar-refractivity contribution in [2.45, 2.75) is 25.7 Å². The minimum Gasteiger partial charge on any atom is -0.492 e. The van der Waals surface area contributed by atoms with Crippen molar-refractivity contribution in [1.29, 1.82) is 0 Å². The summed E-state index contributed by atoms with van der Waals surface area (Å²) >= 11 is 0. The van der Waals surface area contributed by atoms with Crippen LogP contribution in [-0.4, -0.2) is 64.1 Å². The number of nitrogens with two attached hydrogens (primary N) is 1. The quantitative estimate of drug-likeness (QED) is 0.145. The number of aromatic amines is 1. The number of anilines is 1. The normalized spacial score (nSPS) is 11.6.